The zero-order chi connectivity index (χ0) is 44.5. The van der Waals surface area contributed by atoms with Crippen LogP contribution >= 0.6 is 30.0 Å². The van der Waals surface area contributed by atoms with Gasteiger partial charge in [-0.1, -0.05) is 76.1 Å². The highest BCUT2D eigenvalue weighted by atomic mass is 32.1. The summed E-state index contributed by atoms with van der Waals surface area (Å²) in [7, 11) is -2.42. The average molecular weight is 912 g/mol. The largest absolute Gasteiger partial charge is 0.497 e. The summed E-state index contributed by atoms with van der Waals surface area (Å²) in [5.41, 5.74) is 3.41. The number of anilines is 2. The van der Waals surface area contributed by atoms with E-state index in [1.54, 1.807) is 12.0 Å². The van der Waals surface area contributed by atoms with Crippen LogP contribution in [0, 0.1) is 5.92 Å². The van der Waals surface area contributed by atoms with E-state index in [9.17, 15) is 14.3 Å². The molecule has 1 unspecified atom stereocenters. The summed E-state index contributed by atoms with van der Waals surface area (Å²) < 4.78 is 27.0. The van der Waals surface area contributed by atoms with Crippen molar-refractivity contribution in [2.24, 2.45) is 5.92 Å². The SMILES string of the molecule is COc1ccc2c(O[C@@H]3C[C@H]4C(=O)N[C@]5(P(=O)(O)Cc6ccccc6)C[C@H]5C=CCCCCC[C@H](Nc5nc(C(C)(C)C)cs5)C(=O)N4C3)cc(-c3csc(NC(C)C)n3)nc2c1. The molecule has 1 saturated carbocycles. The van der Waals surface area contributed by atoms with Gasteiger partial charge in [-0.2, -0.15) is 0 Å². The number of ether oxygens (including phenoxy) is 2. The molecule has 63 heavy (non-hydrogen) atoms. The van der Waals surface area contributed by atoms with Crippen molar-refractivity contribution in [3.63, 3.8) is 0 Å². The molecule has 2 amide bonds. The lowest BCUT2D eigenvalue weighted by Gasteiger charge is -2.31. The van der Waals surface area contributed by atoms with Crippen molar-refractivity contribution in [3.05, 3.63) is 88.8 Å². The summed E-state index contributed by atoms with van der Waals surface area (Å²) in [6.45, 7) is 10.5. The van der Waals surface area contributed by atoms with Gasteiger partial charge in [0.15, 0.2) is 10.3 Å². The Morgan fingerprint density at radius 2 is 1.79 bits per heavy atom. The summed E-state index contributed by atoms with van der Waals surface area (Å²) in [5, 5.41) is 14.7. The molecule has 13 nitrogen and oxygen atoms in total. The number of allylic oxidation sites excluding steroid dienone is 1. The molecule has 4 N–H and O–H groups in total. The average Bonchev–Trinajstić information content (AvgIpc) is 3.63. The van der Waals surface area contributed by atoms with Gasteiger partial charge < -0.3 is 35.2 Å². The molecule has 334 valence electrons. The van der Waals surface area contributed by atoms with Crippen LogP contribution in [0.4, 0.5) is 10.3 Å². The minimum absolute atomic E-state index is 0.0792. The van der Waals surface area contributed by atoms with Gasteiger partial charge in [0, 0.05) is 52.1 Å². The molecule has 1 saturated heterocycles. The van der Waals surface area contributed by atoms with Gasteiger partial charge in [0.05, 0.1) is 36.7 Å². The normalized spacial score (nSPS) is 24.2. The molecule has 5 heterocycles. The number of rotatable bonds is 11. The molecule has 3 aromatic heterocycles. The molecule has 2 fully saturated rings. The minimum atomic E-state index is -4.03. The smallest absolute Gasteiger partial charge is 0.245 e. The fraction of sp³-hybridized carbons (Fsp3) is 0.468. The van der Waals surface area contributed by atoms with E-state index in [-0.39, 0.29) is 42.4 Å². The van der Waals surface area contributed by atoms with Crippen LogP contribution in [0.1, 0.15) is 90.8 Å². The molecular formula is C47H58N7O6PS2. The van der Waals surface area contributed by atoms with Gasteiger partial charge in [-0.15, -0.1) is 22.7 Å². The molecule has 16 heteroatoms. The van der Waals surface area contributed by atoms with Crippen LogP contribution < -0.4 is 25.4 Å². The zero-order valence-corrected chi connectivity index (χ0v) is 39.3. The first-order valence-corrected chi connectivity index (χ1v) is 25.5. The number of hydrogen-bond donors (Lipinski definition) is 4. The number of carbonyl (C=O) groups excluding carboxylic acids is 2. The predicted molar refractivity (Wildman–Crippen MR) is 252 cm³/mol. The molecule has 2 aliphatic heterocycles. The summed E-state index contributed by atoms with van der Waals surface area (Å²) >= 11 is 2.96. The third-order valence-electron chi connectivity index (χ3n) is 12.1. The van der Waals surface area contributed by atoms with Crippen molar-refractivity contribution in [1.82, 2.24) is 25.2 Å². The first-order chi connectivity index (χ1) is 30.1. The van der Waals surface area contributed by atoms with E-state index >= 15 is 4.79 Å². The molecule has 0 spiro atoms. The van der Waals surface area contributed by atoms with E-state index in [4.69, 9.17) is 24.4 Å². The third-order valence-corrected chi connectivity index (χ3v) is 16.3. The molecule has 5 aromatic rings. The first kappa shape index (κ1) is 44.8. The van der Waals surface area contributed by atoms with Gasteiger partial charge in [0.25, 0.3) is 0 Å². The van der Waals surface area contributed by atoms with E-state index in [0.717, 1.165) is 47.5 Å². The Hall–Kier alpha value is -4.82. The fourth-order valence-electron chi connectivity index (χ4n) is 8.54. The van der Waals surface area contributed by atoms with Crippen LogP contribution in [0.5, 0.6) is 11.5 Å². The highest BCUT2D eigenvalue weighted by Crippen LogP contribution is 2.71. The Labute approximate surface area is 377 Å². The van der Waals surface area contributed by atoms with E-state index < -0.39 is 36.7 Å². The lowest BCUT2D eigenvalue weighted by Crippen LogP contribution is -2.53. The summed E-state index contributed by atoms with van der Waals surface area (Å²) in [6.07, 6.45) is 7.81. The van der Waals surface area contributed by atoms with Crippen LogP contribution in [0.15, 0.2) is 77.5 Å². The molecule has 2 aromatic carbocycles. The molecule has 6 atom stereocenters. The number of nitrogens with zero attached hydrogens (tertiary/aromatic N) is 4. The maximum atomic E-state index is 15.1. The van der Waals surface area contributed by atoms with E-state index in [1.807, 2.05) is 71.4 Å². The highest BCUT2D eigenvalue weighted by molar-refractivity contribution is 7.59. The summed E-state index contributed by atoms with van der Waals surface area (Å²) in [4.78, 5) is 58.2. The molecule has 1 aliphatic carbocycles. The zero-order valence-electron chi connectivity index (χ0n) is 36.8. The summed E-state index contributed by atoms with van der Waals surface area (Å²) in [6, 6.07) is 15.3. The maximum Gasteiger partial charge on any atom is 0.245 e. The number of benzene rings is 2. The van der Waals surface area contributed by atoms with Gasteiger partial charge in [-0.3, -0.25) is 14.2 Å². The van der Waals surface area contributed by atoms with Crippen molar-refractivity contribution in [2.45, 2.75) is 121 Å². The lowest BCUT2D eigenvalue weighted by atomic mass is 9.93. The van der Waals surface area contributed by atoms with Gasteiger partial charge in [0.1, 0.15) is 40.7 Å². The van der Waals surface area contributed by atoms with Gasteiger partial charge in [-0.05, 0) is 57.2 Å². The minimum Gasteiger partial charge on any atom is -0.497 e. The quantitative estimate of drug-likeness (QED) is 0.0736. The number of nitrogens with one attached hydrogen (secondary N) is 3. The molecule has 8 rings (SSSR count). The molecule has 0 radical (unpaired) electrons. The van der Waals surface area contributed by atoms with E-state index in [1.165, 1.54) is 22.7 Å². The topological polar surface area (TPSA) is 168 Å². The number of methoxy groups -OCH3 is 1. The van der Waals surface area contributed by atoms with E-state index in [2.05, 4.69) is 56.6 Å². The standard InChI is InChI=1S/C47H58N7O6PS2/c1-29(2)48-44-51-38(27-62-44)37-23-40(34-20-19-32(59-6)21-36(34)49-37)60-33-22-39-42(55)53-47(61(57,58)26-30-15-11-10-12-16-30)24-31(47)17-13-8-7-9-14-18-35(43(56)54(39)25-33)50-45-52-41(28-63-45)46(3,4)5/h10-13,15-17,19-21,23,27-29,31,33,35,39H,7-9,14,18,22,24-26H2,1-6H3,(H,48,51)(H,50,52)(H,53,55)(H,57,58)/t31-,33-,35+,39+,47+/m1/s1. The van der Waals surface area contributed by atoms with E-state index in [0.29, 0.717) is 46.4 Å². The van der Waals surface area contributed by atoms with Crippen molar-refractivity contribution in [1.29, 1.82) is 0 Å². The molecule has 0 bridgehead atoms. The van der Waals surface area contributed by atoms with Crippen LogP contribution in [0.2, 0.25) is 0 Å². The predicted octanol–water partition coefficient (Wildman–Crippen LogP) is 9.59. The second-order valence-electron chi connectivity index (χ2n) is 18.3. The Bertz CT molecular complexity index is 2520. The van der Waals surface area contributed by atoms with Gasteiger partial charge in [-0.25, -0.2) is 15.0 Å². The first-order valence-electron chi connectivity index (χ1n) is 21.9. The number of thiazole rings is 2. The Morgan fingerprint density at radius 1 is 1.00 bits per heavy atom. The monoisotopic (exact) mass is 911 g/mol. The number of carbonyl (C=O) groups is 2. The van der Waals surface area contributed by atoms with Crippen LogP contribution in [0.3, 0.4) is 0 Å². The van der Waals surface area contributed by atoms with Gasteiger partial charge in [0.2, 0.25) is 19.2 Å². The van der Waals surface area contributed by atoms with Crippen LogP contribution in [0.25, 0.3) is 22.3 Å². The highest BCUT2D eigenvalue weighted by Gasteiger charge is 2.66. The Balaban J connectivity index is 1.15. The van der Waals surface area contributed by atoms with Crippen LogP contribution in [-0.2, 0) is 25.7 Å². The van der Waals surface area contributed by atoms with Crippen molar-refractivity contribution in [2.75, 3.05) is 24.3 Å². The Morgan fingerprint density at radius 3 is 2.54 bits per heavy atom. The van der Waals surface area contributed by atoms with Crippen molar-refractivity contribution < 1.29 is 28.5 Å². The number of pyridine rings is 1. The second-order valence-corrected chi connectivity index (χ2v) is 22.6. The second kappa shape index (κ2) is 18.3. The van der Waals surface area contributed by atoms with Crippen molar-refractivity contribution in [3.8, 4) is 22.9 Å². The molecule has 3 aliphatic rings. The molecular weight excluding hydrogens is 854 g/mol. The number of hydrogen-bond acceptors (Lipinski definition) is 12. The maximum absolute atomic E-state index is 15.1. The van der Waals surface area contributed by atoms with Crippen molar-refractivity contribution >= 4 is 63.0 Å². The number of amides is 2. The van der Waals surface area contributed by atoms with Gasteiger partial charge >= 0.3 is 0 Å². The fourth-order valence-corrected chi connectivity index (χ4v) is 12.7. The lowest BCUT2D eigenvalue weighted by molar-refractivity contribution is -0.139. The summed E-state index contributed by atoms with van der Waals surface area (Å²) in [5.74, 6) is 0.140. The van der Waals surface area contributed by atoms with Crippen LogP contribution in [-0.4, -0.2) is 79.7 Å². The Kier molecular flexibility index (Phi) is 13.0. The number of aromatic nitrogens is 3. The third kappa shape index (κ3) is 9.96. The number of fused-ring (bicyclic) bond motifs is 3.